The highest BCUT2D eigenvalue weighted by Crippen LogP contribution is 2.16. The fraction of sp³-hybridized carbons (Fsp3) is 0.0714. The van der Waals surface area contributed by atoms with Crippen LogP contribution in [-0.4, -0.2) is 16.1 Å². The van der Waals surface area contributed by atoms with Crippen LogP contribution in [0.25, 0.3) is 0 Å². The standard InChI is InChI=1S/C14H13NO2/c1-11-4-2-3-5-12(11)10-15(17)13-6-8-14(16)9-7-13/h2-10,16H,1H3. The quantitative estimate of drug-likeness (QED) is 0.371. The van der Waals surface area contributed by atoms with Crippen molar-refractivity contribution in [3.8, 4) is 5.75 Å². The number of phenolic OH excluding ortho intramolecular Hbond substituents is 1. The van der Waals surface area contributed by atoms with Crippen LogP contribution in [0.4, 0.5) is 5.69 Å². The minimum Gasteiger partial charge on any atom is -0.618 e. The fourth-order valence-corrected chi connectivity index (χ4v) is 1.53. The van der Waals surface area contributed by atoms with Gasteiger partial charge in [-0.2, -0.15) is 4.74 Å². The minimum atomic E-state index is 0.151. The van der Waals surface area contributed by atoms with Gasteiger partial charge in [-0.15, -0.1) is 0 Å². The highest BCUT2D eigenvalue weighted by atomic mass is 16.5. The molecule has 0 aromatic heterocycles. The molecular formula is C14H13NO2. The van der Waals surface area contributed by atoms with E-state index in [1.54, 1.807) is 12.1 Å². The van der Waals surface area contributed by atoms with Gasteiger partial charge >= 0.3 is 0 Å². The van der Waals surface area contributed by atoms with E-state index in [1.807, 2.05) is 31.2 Å². The average Bonchev–Trinajstić information content (AvgIpc) is 2.33. The van der Waals surface area contributed by atoms with Gasteiger partial charge in [-0.05, 0) is 30.7 Å². The van der Waals surface area contributed by atoms with Crippen LogP contribution in [0, 0.1) is 12.1 Å². The minimum absolute atomic E-state index is 0.151. The summed E-state index contributed by atoms with van der Waals surface area (Å²) in [5.41, 5.74) is 2.42. The molecule has 0 amide bonds. The molecule has 0 spiro atoms. The summed E-state index contributed by atoms with van der Waals surface area (Å²) < 4.78 is 0.793. The van der Waals surface area contributed by atoms with E-state index in [0.717, 1.165) is 15.9 Å². The zero-order valence-electron chi connectivity index (χ0n) is 9.50. The lowest BCUT2D eigenvalue weighted by Gasteiger charge is -2.04. The van der Waals surface area contributed by atoms with Gasteiger partial charge in [-0.1, -0.05) is 18.2 Å². The summed E-state index contributed by atoms with van der Waals surface area (Å²) in [6, 6.07) is 13.8. The van der Waals surface area contributed by atoms with Gasteiger partial charge in [0.1, 0.15) is 5.75 Å². The lowest BCUT2D eigenvalue weighted by atomic mass is 10.1. The van der Waals surface area contributed by atoms with E-state index in [-0.39, 0.29) is 5.75 Å². The van der Waals surface area contributed by atoms with E-state index >= 15 is 0 Å². The first-order valence-electron chi connectivity index (χ1n) is 5.33. The van der Waals surface area contributed by atoms with Gasteiger partial charge in [-0.3, -0.25) is 0 Å². The molecule has 0 heterocycles. The summed E-state index contributed by atoms with van der Waals surface area (Å²) >= 11 is 0. The monoisotopic (exact) mass is 227 g/mol. The van der Waals surface area contributed by atoms with Crippen molar-refractivity contribution in [3.05, 3.63) is 64.9 Å². The van der Waals surface area contributed by atoms with Crippen molar-refractivity contribution in [3.63, 3.8) is 0 Å². The Balaban J connectivity index is 2.34. The number of nitrogens with zero attached hydrogens (tertiary/aromatic N) is 1. The van der Waals surface area contributed by atoms with Crippen LogP contribution < -0.4 is 0 Å². The average molecular weight is 227 g/mol. The number of benzene rings is 2. The first-order valence-corrected chi connectivity index (χ1v) is 5.33. The van der Waals surface area contributed by atoms with E-state index in [1.165, 1.54) is 18.3 Å². The highest BCUT2D eigenvalue weighted by molar-refractivity contribution is 5.78. The first-order chi connectivity index (χ1) is 8.16. The van der Waals surface area contributed by atoms with Gasteiger partial charge in [0.25, 0.3) is 0 Å². The maximum atomic E-state index is 11.9. The molecule has 3 heteroatoms. The normalized spacial score (nSPS) is 11.5. The molecule has 2 aromatic rings. The van der Waals surface area contributed by atoms with Crippen molar-refractivity contribution in [2.45, 2.75) is 6.92 Å². The molecule has 0 aliphatic rings. The van der Waals surface area contributed by atoms with E-state index in [0.29, 0.717) is 5.69 Å². The topological polar surface area (TPSA) is 46.3 Å². The van der Waals surface area contributed by atoms with Gasteiger partial charge in [0.2, 0.25) is 5.69 Å². The predicted molar refractivity (Wildman–Crippen MR) is 67.7 cm³/mol. The van der Waals surface area contributed by atoms with Crippen molar-refractivity contribution in [2.24, 2.45) is 0 Å². The van der Waals surface area contributed by atoms with E-state index in [2.05, 4.69) is 0 Å². The van der Waals surface area contributed by atoms with Crippen LogP contribution in [-0.2, 0) is 0 Å². The molecule has 0 aliphatic carbocycles. The molecule has 0 fully saturated rings. The van der Waals surface area contributed by atoms with Crippen LogP contribution in [0.3, 0.4) is 0 Å². The second kappa shape index (κ2) is 4.70. The fourth-order valence-electron chi connectivity index (χ4n) is 1.53. The van der Waals surface area contributed by atoms with Crippen LogP contribution in [0.2, 0.25) is 0 Å². The number of aromatic hydroxyl groups is 1. The number of aryl methyl sites for hydroxylation is 1. The van der Waals surface area contributed by atoms with Crippen molar-refractivity contribution >= 4 is 11.9 Å². The van der Waals surface area contributed by atoms with Gasteiger partial charge in [0.05, 0.1) is 0 Å². The van der Waals surface area contributed by atoms with Crippen molar-refractivity contribution < 1.29 is 9.85 Å². The Morgan fingerprint density at radius 2 is 1.71 bits per heavy atom. The molecule has 0 saturated carbocycles. The van der Waals surface area contributed by atoms with Crippen molar-refractivity contribution in [2.75, 3.05) is 0 Å². The Bertz CT molecular complexity index is 544. The highest BCUT2D eigenvalue weighted by Gasteiger charge is 2.03. The van der Waals surface area contributed by atoms with Crippen LogP contribution in [0.15, 0.2) is 48.5 Å². The van der Waals surface area contributed by atoms with E-state index in [4.69, 9.17) is 5.11 Å². The van der Waals surface area contributed by atoms with Gasteiger partial charge < -0.3 is 10.3 Å². The first kappa shape index (κ1) is 11.2. The number of rotatable bonds is 2. The Hall–Kier alpha value is -2.29. The molecule has 2 aromatic carbocycles. The third-order valence-electron chi connectivity index (χ3n) is 2.55. The SMILES string of the molecule is Cc1ccccc1C=[N+]([O-])c1ccc(O)cc1. The molecule has 1 N–H and O–H groups in total. The summed E-state index contributed by atoms with van der Waals surface area (Å²) in [4.78, 5) is 0. The second-order valence-corrected chi connectivity index (χ2v) is 3.83. The van der Waals surface area contributed by atoms with E-state index in [9.17, 15) is 5.21 Å². The summed E-state index contributed by atoms with van der Waals surface area (Å²) in [6.07, 6.45) is 1.53. The van der Waals surface area contributed by atoms with Crippen molar-refractivity contribution in [1.82, 2.24) is 0 Å². The lowest BCUT2D eigenvalue weighted by Crippen LogP contribution is -1.99. The largest absolute Gasteiger partial charge is 0.618 e. The third kappa shape index (κ3) is 2.64. The van der Waals surface area contributed by atoms with E-state index < -0.39 is 0 Å². The zero-order valence-corrected chi connectivity index (χ0v) is 9.50. The summed E-state index contributed by atoms with van der Waals surface area (Å²) in [5, 5.41) is 21.0. The predicted octanol–water partition coefficient (Wildman–Crippen LogP) is 2.96. The van der Waals surface area contributed by atoms with Gasteiger partial charge in [0, 0.05) is 17.7 Å². The van der Waals surface area contributed by atoms with Gasteiger partial charge in [-0.25, -0.2) is 0 Å². The maximum absolute atomic E-state index is 11.9. The molecule has 0 unspecified atom stereocenters. The van der Waals surface area contributed by atoms with Crippen LogP contribution in [0.5, 0.6) is 5.75 Å². The summed E-state index contributed by atoms with van der Waals surface area (Å²) in [7, 11) is 0. The third-order valence-corrected chi connectivity index (χ3v) is 2.55. The molecule has 0 saturated heterocycles. The smallest absolute Gasteiger partial charge is 0.216 e. The molecule has 2 rings (SSSR count). The molecule has 17 heavy (non-hydrogen) atoms. The molecule has 86 valence electrons. The molecular weight excluding hydrogens is 214 g/mol. The molecule has 0 radical (unpaired) electrons. The van der Waals surface area contributed by atoms with Crippen LogP contribution in [0.1, 0.15) is 11.1 Å². The Kier molecular flexibility index (Phi) is 3.10. The maximum Gasteiger partial charge on any atom is 0.216 e. The number of phenols is 1. The zero-order chi connectivity index (χ0) is 12.3. The Morgan fingerprint density at radius 3 is 2.35 bits per heavy atom. The van der Waals surface area contributed by atoms with Gasteiger partial charge in [0.15, 0.2) is 6.21 Å². The molecule has 3 nitrogen and oxygen atoms in total. The second-order valence-electron chi connectivity index (χ2n) is 3.83. The molecule has 0 bridgehead atoms. The summed E-state index contributed by atoms with van der Waals surface area (Å²) in [5.74, 6) is 0.151. The van der Waals surface area contributed by atoms with Crippen molar-refractivity contribution in [1.29, 1.82) is 0 Å². The lowest BCUT2D eigenvalue weighted by molar-refractivity contribution is -0.354. The van der Waals surface area contributed by atoms with Crippen LogP contribution >= 0.6 is 0 Å². The summed E-state index contributed by atoms with van der Waals surface area (Å²) in [6.45, 7) is 1.95. The Labute approximate surface area is 99.9 Å². The molecule has 0 aliphatic heterocycles. The number of hydrogen-bond donors (Lipinski definition) is 1. The molecule has 0 atom stereocenters. The number of hydrogen-bond acceptors (Lipinski definition) is 2. The Morgan fingerprint density at radius 1 is 1.06 bits per heavy atom.